The molecule has 6 rings (SSSR count). The van der Waals surface area contributed by atoms with E-state index < -0.39 is 41.0 Å². The van der Waals surface area contributed by atoms with Crippen molar-refractivity contribution in [3.8, 4) is 5.75 Å². The minimum Gasteiger partial charge on any atom is -0.494 e. The first-order valence-corrected chi connectivity index (χ1v) is 14.6. The van der Waals surface area contributed by atoms with Gasteiger partial charge in [-0.05, 0) is 57.2 Å². The van der Waals surface area contributed by atoms with Gasteiger partial charge in [0, 0.05) is 18.8 Å². The Morgan fingerprint density at radius 2 is 1.67 bits per heavy atom. The molecule has 10 heteroatoms. The quantitative estimate of drug-likeness (QED) is 0.516. The minimum absolute atomic E-state index is 0.204. The molecule has 2 fully saturated rings. The maximum atomic E-state index is 14.5. The summed E-state index contributed by atoms with van der Waals surface area (Å²) in [7, 11) is 0. The number of ether oxygens (including phenoxy) is 2. The Morgan fingerprint density at radius 1 is 0.976 bits per heavy atom. The Labute approximate surface area is 249 Å². The van der Waals surface area contributed by atoms with Crippen LogP contribution in [0.4, 0.5) is 11.4 Å². The molecule has 3 amide bonds. The molecule has 4 aliphatic heterocycles. The summed E-state index contributed by atoms with van der Waals surface area (Å²) in [6.07, 6.45) is 7.30. The lowest BCUT2D eigenvalue weighted by atomic mass is 9.74. The van der Waals surface area contributed by atoms with Crippen LogP contribution in [0.25, 0.3) is 0 Å². The maximum absolute atomic E-state index is 14.5. The topological polar surface area (TPSA) is 99.6 Å². The van der Waals surface area contributed by atoms with Crippen LogP contribution in [0.1, 0.15) is 20.8 Å². The summed E-state index contributed by atoms with van der Waals surface area (Å²) in [5.74, 6) is -2.27. The smallest absolute Gasteiger partial charge is 0.253 e. The molecule has 2 aromatic rings. The summed E-state index contributed by atoms with van der Waals surface area (Å²) < 4.78 is 12.4. The monoisotopic (exact) mass is 591 g/mol. The van der Waals surface area contributed by atoms with Crippen molar-refractivity contribution >= 4 is 40.7 Å². The highest BCUT2D eigenvalue weighted by atomic mass is 35.5. The van der Waals surface area contributed by atoms with Gasteiger partial charge < -0.3 is 29.3 Å². The van der Waals surface area contributed by atoms with E-state index in [2.05, 4.69) is 0 Å². The molecule has 2 aromatic carbocycles. The van der Waals surface area contributed by atoms with E-state index in [1.165, 1.54) is 9.80 Å². The van der Waals surface area contributed by atoms with Gasteiger partial charge in [-0.3, -0.25) is 14.4 Å². The van der Waals surface area contributed by atoms with Crippen molar-refractivity contribution in [2.75, 3.05) is 36.1 Å². The van der Waals surface area contributed by atoms with Crippen LogP contribution in [0.5, 0.6) is 5.75 Å². The SMILES string of the molecule is CCOc1ccc(N2CC=C[C@@]3(C)O[C@]45C=CCN(c6ccccc6Cl)C(=O)C4N([C@H](C)CO)C(=O)[C@@H]5[C@H]3C2=O)cc1. The van der Waals surface area contributed by atoms with Crippen LogP contribution in [-0.2, 0) is 19.1 Å². The number of amides is 3. The number of fused-ring (bicyclic) bond motifs is 2. The fourth-order valence-electron chi connectivity index (χ4n) is 7.03. The number of aliphatic hydroxyl groups excluding tert-OH is 1. The Hall–Kier alpha value is -3.66. The second-order valence-electron chi connectivity index (χ2n) is 11.4. The van der Waals surface area contributed by atoms with Crippen molar-refractivity contribution in [2.45, 2.75) is 44.1 Å². The van der Waals surface area contributed by atoms with E-state index in [4.69, 9.17) is 21.1 Å². The van der Waals surface area contributed by atoms with Gasteiger partial charge in [-0.2, -0.15) is 0 Å². The highest BCUT2D eigenvalue weighted by molar-refractivity contribution is 6.34. The number of rotatable bonds is 6. The second-order valence-corrected chi connectivity index (χ2v) is 11.8. The van der Waals surface area contributed by atoms with E-state index in [1.807, 2.05) is 49.4 Å². The lowest BCUT2D eigenvalue weighted by molar-refractivity contribution is -0.147. The van der Waals surface area contributed by atoms with Gasteiger partial charge in [0.15, 0.2) is 0 Å². The lowest BCUT2D eigenvalue weighted by Gasteiger charge is -2.39. The summed E-state index contributed by atoms with van der Waals surface area (Å²) in [6, 6.07) is 12.5. The van der Waals surface area contributed by atoms with Gasteiger partial charge in [0.2, 0.25) is 11.8 Å². The molecule has 0 saturated carbocycles. The van der Waals surface area contributed by atoms with Crippen LogP contribution in [0.2, 0.25) is 5.02 Å². The Morgan fingerprint density at radius 3 is 2.36 bits per heavy atom. The summed E-state index contributed by atoms with van der Waals surface area (Å²) in [4.78, 5) is 47.9. The lowest BCUT2D eigenvalue weighted by Crippen LogP contribution is -2.58. The third kappa shape index (κ3) is 4.17. The van der Waals surface area contributed by atoms with E-state index >= 15 is 0 Å². The molecule has 2 saturated heterocycles. The van der Waals surface area contributed by atoms with Gasteiger partial charge in [-0.25, -0.2) is 0 Å². The molecule has 9 nitrogen and oxygen atoms in total. The van der Waals surface area contributed by atoms with Gasteiger partial charge in [0.25, 0.3) is 5.91 Å². The number of aliphatic hydroxyl groups is 1. The zero-order valence-electron chi connectivity index (χ0n) is 23.8. The average Bonchev–Trinajstić information content (AvgIpc) is 3.25. The van der Waals surface area contributed by atoms with Gasteiger partial charge in [-0.1, -0.05) is 48.0 Å². The van der Waals surface area contributed by atoms with Crippen molar-refractivity contribution in [2.24, 2.45) is 11.8 Å². The Bertz CT molecular complexity index is 1480. The van der Waals surface area contributed by atoms with Gasteiger partial charge in [0.05, 0.1) is 47.4 Å². The van der Waals surface area contributed by atoms with E-state index in [0.717, 1.165) is 0 Å². The highest BCUT2D eigenvalue weighted by Gasteiger charge is 2.75. The Balaban J connectivity index is 1.45. The first-order valence-electron chi connectivity index (χ1n) is 14.3. The number of halogens is 1. The number of para-hydroxylation sites is 1. The number of hydrogen-bond donors (Lipinski definition) is 1. The van der Waals surface area contributed by atoms with Crippen LogP contribution in [-0.4, -0.2) is 77.3 Å². The average molecular weight is 592 g/mol. The third-order valence-electron chi connectivity index (χ3n) is 8.84. The van der Waals surface area contributed by atoms with E-state index in [0.29, 0.717) is 35.3 Å². The molecule has 220 valence electrons. The molecular weight excluding hydrogens is 558 g/mol. The zero-order valence-corrected chi connectivity index (χ0v) is 24.5. The standard InChI is InChI=1S/C32H34ClN3O6/c1-4-41-22-13-11-21(12-14-22)34-17-7-15-31(3)25(28(34)38)26-29(39)36(20(2)19-37)27-30(40)35(18-8-16-32(26,27)42-31)24-10-6-5-9-23(24)33/h5-16,20,25-27,37H,4,17-19H2,1-3H3/t20-,25+,26+,27?,31-,32+/m1/s1. The van der Waals surface area contributed by atoms with E-state index in [9.17, 15) is 19.5 Å². The number of carbonyl (C=O) groups is 3. The van der Waals surface area contributed by atoms with Crippen molar-refractivity contribution in [1.82, 2.24) is 4.90 Å². The molecule has 0 bridgehead atoms. The number of benzene rings is 2. The van der Waals surface area contributed by atoms with Crippen LogP contribution in [0, 0.1) is 11.8 Å². The van der Waals surface area contributed by atoms with Crippen LogP contribution >= 0.6 is 11.6 Å². The molecule has 1 spiro atoms. The first-order chi connectivity index (χ1) is 20.2. The molecule has 0 aromatic heterocycles. The number of carbonyl (C=O) groups excluding carboxylic acids is 3. The molecule has 0 radical (unpaired) electrons. The minimum atomic E-state index is -1.44. The van der Waals surface area contributed by atoms with Crippen molar-refractivity contribution in [3.63, 3.8) is 0 Å². The van der Waals surface area contributed by atoms with E-state index in [-0.39, 0.29) is 25.0 Å². The van der Waals surface area contributed by atoms with Crippen LogP contribution < -0.4 is 14.5 Å². The van der Waals surface area contributed by atoms with Crippen molar-refractivity contribution in [1.29, 1.82) is 0 Å². The molecule has 42 heavy (non-hydrogen) atoms. The number of likely N-dealkylation sites (tertiary alicyclic amines) is 1. The predicted octanol–water partition coefficient (Wildman–Crippen LogP) is 3.60. The number of nitrogens with zero attached hydrogens (tertiary/aromatic N) is 3. The summed E-state index contributed by atoms with van der Waals surface area (Å²) in [5.41, 5.74) is -1.42. The highest BCUT2D eigenvalue weighted by Crippen LogP contribution is 2.58. The van der Waals surface area contributed by atoms with Crippen LogP contribution in [0.15, 0.2) is 72.8 Å². The summed E-state index contributed by atoms with van der Waals surface area (Å²) >= 11 is 6.51. The van der Waals surface area contributed by atoms with Gasteiger partial charge in [-0.15, -0.1) is 0 Å². The van der Waals surface area contributed by atoms with E-state index in [1.54, 1.807) is 49.1 Å². The summed E-state index contributed by atoms with van der Waals surface area (Å²) in [5, 5.41) is 10.6. The maximum Gasteiger partial charge on any atom is 0.253 e. The van der Waals surface area contributed by atoms with Crippen LogP contribution in [0.3, 0.4) is 0 Å². The Kier molecular flexibility index (Phi) is 7.15. The normalized spacial score (nSPS) is 31.0. The van der Waals surface area contributed by atoms with Gasteiger partial charge >= 0.3 is 0 Å². The third-order valence-corrected chi connectivity index (χ3v) is 9.16. The number of hydrogen-bond acceptors (Lipinski definition) is 6. The van der Waals surface area contributed by atoms with Gasteiger partial charge in [0.1, 0.15) is 17.4 Å². The summed E-state index contributed by atoms with van der Waals surface area (Å²) in [6.45, 7) is 6.07. The zero-order chi connectivity index (χ0) is 29.8. The molecule has 6 atom stereocenters. The predicted molar refractivity (Wildman–Crippen MR) is 158 cm³/mol. The van der Waals surface area contributed by atoms with Crippen molar-refractivity contribution in [3.05, 3.63) is 77.9 Å². The molecular formula is C32H34ClN3O6. The fraction of sp³-hybridized carbons (Fsp3) is 0.406. The molecule has 4 heterocycles. The second kappa shape index (κ2) is 10.6. The first kappa shape index (κ1) is 28.5. The molecule has 4 aliphatic rings. The largest absolute Gasteiger partial charge is 0.494 e. The van der Waals surface area contributed by atoms with Crippen molar-refractivity contribution < 1.29 is 29.0 Å². The number of anilines is 2. The molecule has 1 N–H and O–H groups in total. The molecule has 1 unspecified atom stereocenters. The fourth-order valence-corrected chi connectivity index (χ4v) is 7.27. The molecule has 0 aliphatic carbocycles.